The summed E-state index contributed by atoms with van der Waals surface area (Å²) in [6.45, 7) is 8.72. The lowest BCUT2D eigenvalue weighted by Gasteiger charge is -2.33. The van der Waals surface area contributed by atoms with Gasteiger partial charge in [0.15, 0.2) is 0 Å². The number of hydrogen-bond donors (Lipinski definition) is 1. The first-order valence-corrected chi connectivity index (χ1v) is 10.4. The molecular weight excluding hydrogens is 366 g/mol. The molecule has 1 aromatic carbocycles. The molecule has 0 aliphatic carbocycles. The van der Waals surface area contributed by atoms with Crippen LogP contribution in [0.3, 0.4) is 0 Å². The van der Waals surface area contributed by atoms with E-state index >= 15 is 0 Å². The third kappa shape index (κ3) is 4.67. The van der Waals surface area contributed by atoms with Crippen molar-refractivity contribution < 1.29 is 9.53 Å². The molecule has 2 saturated heterocycles. The van der Waals surface area contributed by atoms with Gasteiger partial charge in [0, 0.05) is 43.5 Å². The average molecular weight is 396 g/mol. The number of morpholine rings is 1. The van der Waals surface area contributed by atoms with Gasteiger partial charge in [-0.1, -0.05) is 12.1 Å². The number of nitrogens with one attached hydrogen (secondary N) is 1. The molecule has 3 heterocycles. The minimum atomic E-state index is 0.00917. The number of nitrogens with zero attached hydrogens (tertiary/aromatic N) is 4. The normalized spacial score (nSPS) is 18.0. The van der Waals surface area contributed by atoms with E-state index in [0.717, 1.165) is 80.9 Å². The summed E-state index contributed by atoms with van der Waals surface area (Å²) >= 11 is 0. The van der Waals surface area contributed by atoms with Crippen LogP contribution in [0.5, 0.6) is 0 Å². The van der Waals surface area contributed by atoms with E-state index in [0.29, 0.717) is 0 Å². The summed E-state index contributed by atoms with van der Waals surface area (Å²) in [5.41, 5.74) is 3.92. The van der Waals surface area contributed by atoms with E-state index in [1.807, 2.05) is 38.1 Å². The van der Waals surface area contributed by atoms with Crippen LogP contribution in [0.25, 0.3) is 0 Å². The molecule has 7 heteroatoms. The fourth-order valence-electron chi connectivity index (χ4n) is 4.08. The van der Waals surface area contributed by atoms with Crippen LogP contribution in [-0.2, 0) is 9.53 Å². The Morgan fingerprint density at radius 3 is 2.34 bits per heavy atom. The average Bonchev–Trinajstić information content (AvgIpc) is 2.74. The molecule has 4 rings (SSSR count). The predicted molar refractivity (Wildman–Crippen MR) is 115 cm³/mol. The number of anilines is 3. The number of aryl methyl sites for hydroxylation is 2. The van der Waals surface area contributed by atoms with Crippen LogP contribution in [0.2, 0.25) is 0 Å². The second-order valence-electron chi connectivity index (χ2n) is 7.82. The molecule has 0 bridgehead atoms. The van der Waals surface area contributed by atoms with Gasteiger partial charge in [0.2, 0.25) is 11.9 Å². The number of carbonyl (C=O) groups excluding carboxylic acids is 1. The molecule has 2 aliphatic rings. The number of ether oxygens (including phenoxy) is 1. The maximum absolute atomic E-state index is 12.9. The van der Waals surface area contributed by atoms with Crippen LogP contribution in [-0.4, -0.2) is 55.3 Å². The summed E-state index contributed by atoms with van der Waals surface area (Å²) in [6.07, 6.45) is 1.61. The lowest BCUT2D eigenvalue weighted by molar-refractivity contribution is -0.120. The molecule has 1 amide bonds. The van der Waals surface area contributed by atoms with Gasteiger partial charge in [0.25, 0.3) is 0 Å². The molecule has 7 nitrogen and oxygen atoms in total. The van der Waals surface area contributed by atoms with E-state index in [2.05, 4.69) is 31.2 Å². The van der Waals surface area contributed by atoms with Crippen molar-refractivity contribution in [1.82, 2.24) is 9.97 Å². The standard InChI is InChI=1S/C22H29N5O2/c1-16-15-17(2)24-22(23-16)27-9-7-18(8-10-27)21(28)25-19-5-3-4-6-20(19)26-11-13-29-14-12-26/h3-6,15,18H,7-14H2,1-2H3,(H,25,28). The van der Waals surface area contributed by atoms with Gasteiger partial charge in [-0.05, 0) is 44.9 Å². The quantitative estimate of drug-likeness (QED) is 0.858. The van der Waals surface area contributed by atoms with Crippen LogP contribution in [0, 0.1) is 19.8 Å². The Morgan fingerprint density at radius 1 is 1.00 bits per heavy atom. The summed E-state index contributed by atoms with van der Waals surface area (Å²) in [6, 6.07) is 10.0. The lowest BCUT2D eigenvalue weighted by Crippen LogP contribution is -2.40. The summed E-state index contributed by atoms with van der Waals surface area (Å²) < 4.78 is 5.45. The maximum Gasteiger partial charge on any atom is 0.227 e. The van der Waals surface area contributed by atoms with Crippen LogP contribution < -0.4 is 15.1 Å². The fraction of sp³-hybridized carbons (Fsp3) is 0.500. The Kier molecular flexibility index (Phi) is 5.94. The van der Waals surface area contributed by atoms with Crippen LogP contribution in [0.15, 0.2) is 30.3 Å². The van der Waals surface area contributed by atoms with Crippen molar-refractivity contribution in [2.45, 2.75) is 26.7 Å². The summed E-state index contributed by atoms with van der Waals surface area (Å²) in [7, 11) is 0. The number of aromatic nitrogens is 2. The Hall–Kier alpha value is -2.67. The third-order valence-electron chi connectivity index (χ3n) is 5.63. The van der Waals surface area contributed by atoms with Crippen molar-refractivity contribution >= 4 is 23.2 Å². The summed E-state index contributed by atoms with van der Waals surface area (Å²) in [5.74, 6) is 0.889. The van der Waals surface area contributed by atoms with Crippen LogP contribution >= 0.6 is 0 Å². The number of para-hydroxylation sites is 2. The topological polar surface area (TPSA) is 70.6 Å². The van der Waals surface area contributed by atoms with Gasteiger partial charge in [0.05, 0.1) is 24.6 Å². The smallest absolute Gasteiger partial charge is 0.227 e. The van der Waals surface area contributed by atoms with Gasteiger partial charge in [0.1, 0.15) is 0 Å². The Bertz CT molecular complexity index is 838. The highest BCUT2D eigenvalue weighted by molar-refractivity contribution is 5.96. The second kappa shape index (κ2) is 8.78. The number of benzene rings is 1. The van der Waals surface area contributed by atoms with Crippen molar-refractivity contribution in [1.29, 1.82) is 0 Å². The van der Waals surface area contributed by atoms with Crippen LogP contribution in [0.1, 0.15) is 24.2 Å². The molecular formula is C22H29N5O2. The Morgan fingerprint density at radius 2 is 1.66 bits per heavy atom. The number of piperidine rings is 1. The van der Waals surface area contributed by atoms with E-state index in [9.17, 15) is 4.79 Å². The van der Waals surface area contributed by atoms with Crippen molar-refractivity contribution in [3.63, 3.8) is 0 Å². The van der Waals surface area contributed by atoms with Gasteiger partial charge in [-0.3, -0.25) is 4.79 Å². The summed E-state index contributed by atoms with van der Waals surface area (Å²) in [4.78, 5) is 26.5. The van der Waals surface area contributed by atoms with E-state index in [1.54, 1.807) is 0 Å². The lowest BCUT2D eigenvalue weighted by atomic mass is 9.96. The van der Waals surface area contributed by atoms with E-state index in [1.165, 1.54) is 0 Å². The monoisotopic (exact) mass is 395 g/mol. The first kappa shape index (κ1) is 19.6. The molecule has 0 radical (unpaired) electrons. The van der Waals surface area contributed by atoms with E-state index in [4.69, 9.17) is 4.74 Å². The van der Waals surface area contributed by atoms with Gasteiger partial charge in [-0.2, -0.15) is 0 Å². The highest BCUT2D eigenvalue weighted by atomic mass is 16.5. The zero-order valence-corrected chi connectivity index (χ0v) is 17.2. The number of amides is 1. The zero-order chi connectivity index (χ0) is 20.2. The van der Waals surface area contributed by atoms with Gasteiger partial charge >= 0.3 is 0 Å². The minimum Gasteiger partial charge on any atom is -0.378 e. The molecule has 0 atom stereocenters. The van der Waals surface area contributed by atoms with E-state index in [-0.39, 0.29) is 11.8 Å². The molecule has 2 aromatic rings. The largest absolute Gasteiger partial charge is 0.378 e. The molecule has 0 spiro atoms. The molecule has 1 N–H and O–H groups in total. The highest BCUT2D eigenvalue weighted by Crippen LogP contribution is 2.28. The number of carbonyl (C=O) groups is 1. The maximum atomic E-state index is 12.9. The van der Waals surface area contributed by atoms with Crippen molar-refractivity contribution in [2.24, 2.45) is 5.92 Å². The van der Waals surface area contributed by atoms with Crippen molar-refractivity contribution in [2.75, 3.05) is 54.5 Å². The molecule has 154 valence electrons. The highest BCUT2D eigenvalue weighted by Gasteiger charge is 2.27. The number of hydrogen-bond acceptors (Lipinski definition) is 6. The molecule has 0 unspecified atom stereocenters. The molecule has 29 heavy (non-hydrogen) atoms. The van der Waals surface area contributed by atoms with Crippen molar-refractivity contribution in [3.8, 4) is 0 Å². The Balaban J connectivity index is 1.38. The van der Waals surface area contributed by atoms with Gasteiger partial charge in [-0.15, -0.1) is 0 Å². The first-order chi connectivity index (χ1) is 14.1. The summed E-state index contributed by atoms with van der Waals surface area (Å²) in [5, 5.41) is 3.18. The molecule has 2 aliphatic heterocycles. The molecule has 1 aromatic heterocycles. The van der Waals surface area contributed by atoms with Crippen LogP contribution in [0.4, 0.5) is 17.3 Å². The fourth-order valence-corrected chi connectivity index (χ4v) is 4.08. The zero-order valence-electron chi connectivity index (χ0n) is 17.2. The Labute approximate surface area is 172 Å². The first-order valence-electron chi connectivity index (χ1n) is 10.4. The molecule has 2 fully saturated rings. The van der Waals surface area contributed by atoms with Crippen molar-refractivity contribution in [3.05, 3.63) is 41.7 Å². The van der Waals surface area contributed by atoms with Gasteiger partial charge in [-0.25, -0.2) is 9.97 Å². The van der Waals surface area contributed by atoms with E-state index < -0.39 is 0 Å². The second-order valence-corrected chi connectivity index (χ2v) is 7.82. The number of rotatable bonds is 4. The van der Waals surface area contributed by atoms with Gasteiger partial charge < -0.3 is 19.9 Å². The minimum absolute atomic E-state index is 0.00917. The predicted octanol–water partition coefficient (Wildman–Crippen LogP) is 2.79. The SMILES string of the molecule is Cc1cc(C)nc(N2CCC(C(=O)Nc3ccccc3N3CCOCC3)CC2)n1. The third-order valence-corrected chi connectivity index (χ3v) is 5.63. The molecule has 0 saturated carbocycles.